The molecule has 2 heterocycles. The van der Waals surface area contributed by atoms with Crippen LogP contribution in [0.2, 0.25) is 0 Å². The van der Waals surface area contributed by atoms with Crippen LogP contribution in [-0.2, 0) is 0 Å². The van der Waals surface area contributed by atoms with Gasteiger partial charge in [-0.15, -0.1) is 0 Å². The number of fused-ring (bicyclic) bond motifs is 1. The van der Waals surface area contributed by atoms with Crippen molar-refractivity contribution in [1.82, 2.24) is 9.78 Å². The van der Waals surface area contributed by atoms with Crippen LogP contribution in [0.15, 0.2) is 6.07 Å². The van der Waals surface area contributed by atoms with Crippen LogP contribution < -0.4 is 5.32 Å². The molecule has 0 aliphatic carbocycles. The van der Waals surface area contributed by atoms with Crippen molar-refractivity contribution >= 4 is 5.82 Å². The summed E-state index contributed by atoms with van der Waals surface area (Å²) in [4.78, 5) is 0. The molecule has 17 heavy (non-hydrogen) atoms. The number of hydrogen-bond acceptors (Lipinski definition) is 2. The van der Waals surface area contributed by atoms with E-state index in [4.69, 9.17) is 5.10 Å². The second kappa shape index (κ2) is 5.11. The van der Waals surface area contributed by atoms with Crippen LogP contribution in [-0.4, -0.2) is 16.3 Å². The van der Waals surface area contributed by atoms with Crippen LogP contribution in [0, 0.1) is 5.92 Å². The fourth-order valence-electron chi connectivity index (χ4n) is 2.92. The average molecular weight is 235 g/mol. The molecule has 96 valence electrons. The van der Waals surface area contributed by atoms with E-state index in [0.717, 1.165) is 6.54 Å². The molecular weight excluding hydrogens is 210 g/mol. The molecule has 0 spiro atoms. The summed E-state index contributed by atoms with van der Waals surface area (Å²) in [5.74, 6) is 2.50. The number of rotatable bonds is 4. The van der Waals surface area contributed by atoms with Gasteiger partial charge in [0.2, 0.25) is 0 Å². The molecule has 1 aromatic rings. The van der Waals surface area contributed by atoms with Gasteiger partial charge in [-0.2, -0.15) is 5.10 Å². The topological polar surface area (TPSA) is 29.9 Å². The maximum Gasteiger partial charge on any atom is 0.124 e. The molecule has 1 aromatic heterocycles. The largest absolute Gasteiger partial charge is 0.370 e. The van der Waals surface area contributed by atoms with Crippen LogP contribution in [0.1, 0.15) is 64.6 Å². The molecule has 0 radical (unpaired) electrons. The van der Waals surface area contributed by atoms with Crippen molar-refractivity contribution in [2.75, 3.05) is 11.9 Å². The lowest BCUT2D eigenvalue weighted by Gasteiger charge is -2.30. The molecule has 0 amide bonds. The summed E-state index contributed by atoms with van der Waals surface area (Å²) in [6.45, 7) is 10.1. The number of anilines is 1. The molecule has 0 saturated heterocycles. The maximum absolute atomic E-state index is 4.85. The fraction of sp³-hybridized carbons (Fsp3) is 0.786. The van der Waals surface area contributed by atoms with Crippen molar-refractivity contribution in [3.05, 3.63) is 11.8 Å². The van der Waals surface area contributed by atoms with Crippen molar-refractivity contribution in [3.8, 4) is 0 Å². The fourth-order valence-corrected chi connectivity index (χ4v) is 2.92. The molecule has 3 nitrogen and oxygen atoms in total. The Morgan fingerprint density at radius 1 is 1.41 bits per heavy atom. The Kier molecular flexibility index (Phi) is 3.75. The highest BCUT2D eigenvalue weighted by Crippen LogP contribution is 2.33. The van der Waals surface area contributed by atoms with E-state index in [1.165, 1.54) is 30.8 Å². The number of nitrogens with zero attached hydrogens (tertiary/aromatic N) is 2. The van der Waals surface area contributed by atoms with E-state index in [-0.39, 0.29) is 0 Å². The first-order valence-electron chi connectivity index (χ1n) is 7.04. The average Bonchev–Trinajstić information content (AvgIpc) is 2.74. The Bertz CT molecular complexity index is 366. The first kappa shape index (κ1) is 12.5. The highest BCUT2D eigenvalue weighted by Gasteiger charge is 2.27. The van der Waals surface area contributed by atoms with Gasteiger partial charge in [-0.05, 0) is 25.2 Å². The van der Waals surface area contributed by atoms with Gasteiger partial charge in [0, 0.05) is 18.5 Å². The second-order valence-electron chi connectivity index (χ2n) is 5.25. The molecule has 0 bridgehead atoms. The molecule has 2 unspecified atom stereocenters. The minimum Gasteiger partial charge on any atom is -0.370 e. The van der Waals surface area contributed by atoms with Crippen molar-refractivity contribution in [1.29, 1.82) is 0 Å². The Balaban J connectivity index is 2.31. The lowest BCUT2D eigenvalue weighted by molar-refractivity contribution is 0.310. The summed E-state index contributed by atoms with van der Waals surface area (Å²) in [6, 6.07) is 2.82. The first-order valence-corrected chi connectivity index (χ1v) is 7.04. The highest BCUT2D eigenvalue weighted by atomic mass is 15.4. The van der Waals surface area contributed by atoms with Crippen LogP contribution in [0.3, 0.4) is 0 Å². The third-order valence-electron chi connectivity index (χ3n) is 4.15. The summed E-state index contributed by atoms with van der Waals surface area (Å²) in [6.07, 6.45) is 3.53. The van der Waals surface area contributed by atoms with Gasteiger partial charge in [0.05, 0.1) is 11.7 Å². The van der Waals surface area contributed by atoms with Gasteiger partial charge in [0.15, 0.2) is 0 Å². The van der Waals surface area contributed by atoms with E-state index >= 15 is 0 Å². The predicted octanol–water partition coefficient (Wildman–Crippen LogP) is 3.80. The van der Waals surface area contributed by atoms with Crippen molar-refractivity contribution in [2.24, 2.45) is 5.92 Å². The van der Waals surface area contributed by atoms with E-state index in [2.05, 4.69) is 43.8 Å². The Morgan fingerprint density at radius 2 is 2.12 bits per heavy atom. The number of aromatic nitrogens is 2. The summed E-state index contributed by atoms with van der Waals surface area (Å²) in [7, 11) is 0. The van der Waals surface area contributed by atoms with Gasteiger partial charge < -0.3 is 5.32 Å². The molecule has 2 rings (SSSR count). The summed E-state index contributed by atoms with van der Waals surface area (Å²) < 4.78 is 2.22. The molecule has 1 aliphatic heterocycles. The minimum atomic E-state index is 0.564. The van der Waals surface area contributed by atoms with Crippen LogP contribution >= 0.6 is 0 Å². The summed E-state index contributed by atoms with van der Waals surface area (Å²) >= 11 is 0. The molecule has 1 N–H and O–H groups in total. The normalized spacial score (nSPS) is 23.6. The summed E-state index contributed by atoms with van der Waals surface area (Å²) in [5.41, 5.74) is 1.27. The van der Waals surface area contributed by atoms with E-state index in [9.17, 15) is 0 Å². The number of nitrogens with one attached hydrogen (secondary N) is 1. The lowest BCUT2D eigenvalue weighted by atomic mass is 9.98. The SMILES string of the molecule is CCC(CC)c1cc2n(n1)C(CC)C(C)CN2. The monoisotopic (exact) mass is 235 g/mol. The molecule has 0 fully saturated rings. The standard InChI is InChI=1S/C14H25N3/c1-5-11(6-2)12-8-14-15-9-10(4)13(7-3)17(14)16-12/h8,10-11,13,15H,5-7,9H2,1-4H3. The molecule has 1 aliphatic rings. The Hall–Kier alpha value is -0.990. The van der Waals surface area contributed by atoms with E-state index in [1.807, 2.05) is 0 Å². The van der Waals surface area contributed by atoms with E-state index < -0.39 is 0 Å². The zero-order valence-electron chi connectivity index (χ0n) is 11.5. The third kappa shape index (κ3) is 2.20. The Morgan fingerprint density at radius 3 is 2.71 bits per heavy atom. The first-order chi connectivity index (χ1) is 8.21. The van der Waals surface area contributed by atoms with Gasteiger partial charge in [-0.1, -0.05) is 27.7 Å². The van der Waals surface area contributed by atoms with E-state index in [1.54, 1.807) is 0 Å². The molecular formula is C14H25N3. The second-order valence-corrected chi connectivity index (χ2v) is 5.25. The molecule has 0 saturated carbocycles. The molecule has 2 atom stereocenters. The van der Waals surface area contributed by atoms with Crippen LogP contribution in [0.5, 0.6) is 0 Å². The van der Waals surface area contributed by atoms with E-state index in [0.29, 0.717) is 17.9 Å². The molecule has 3 heteroatoms. The van der Waals surface area contributed by atoms with Gasteiger partial charge in [-0.3, -0.25) is 0 Å². The number of hydrogen-bond donors (Lipinski definition) is 1. The zero-order valence-corrected chi connectivity index (χ0v) is 11.5. The minimum absolute atomic E-state index is 0.564. The smallest absolute Gasteiger partial charge is 0.124 e. The Labute approximate surface area is 105 Å². The maximum atomic E-state index is 4.85. The summed E-state index contributed by atoms with van der Waals surface area (Å²) in [5, 5.41) is 8.35. The lowest BCUT2D eigenvalue weighted by Crippen LogP contribution is -2.30. The third-order valence-corrected chi connectivity index (χ3v) is 4.15. The quantitative estimate of drug-likeness (QED) is 0.860. The zero-order chi connectivity index (χ0) is 12.4. The van der Waals surface area contributed by atoms with Gasteiger partial charge in [-0.25, -0.2) is 4.68 Å². The van der Waals surface area contributed by atoms with Crippen molar-refractivity contribution in [2.45, 2.75) is 58.9 Å². The highest BCUT2D eigenvalue weighted by molar-refractivity contribution is 5.40. The predicted molar refractivity (Wildman–Crippen MR) is 72.5 cm³/mol. The van der Waals surface area contributed by atoms with Crippen LogP contribution in [0.25, 0.3) is 0 Å². The van der Waals surface area contributed by atoms with Crippen LogP contribution in [0.4, 0.5) is 5.82 Å². The van der Waals surface area contributed by atoms with Gasteiger partial charge >= 0.3 is 0 Å². The van der Waals surface area contributed by atoms with Crippen molar-refractivity contribution < 1.29 is 0 Å². The van der Waals surface area contributed by atoms with Gasteiger partial charge in [0.1, 0.15) is 5.82 Å². The van der Waals surface area contributed by atoms with Crippen molar-refractivity contribution in [3.63, 3.8) is 0 Å². The molecule has 0 aromatic carbocycles. The van der Waals surface area contributed by atoms with Gasteiger partial charge in [0.25, 0.3) is 0 Å².